The van der Waals surface area contributed by atoms with Crippen LogP contribution in [-0.4, -0.2) is 25.7 Å². The Morgan fingerprint density at radius 3 is 3.00 bits per heavy atom. The summed E-state index contributed by atoms with van der Waals surface area (Å²) in [6.07, 6.45) is 1.46. The summed E-state index contributed by atoms with van der Waals surface area (Å²) in [5.41, 5.74) is 6.98. The Bertz CT molecular complexity index is 352. The minimum Gasteiger partial charge on any atom is -0.385 e. The van der Waals surface area contributed by atoms with Gasteiger partial charge < -0.3 is 15.8 Å². The summed E-state index contributed by atoms with van der Waals surface area (Å²) in [5, 5.41) is 4.88. The highest BCUT2D eigenvalue weighted by atomic mass is 32.1. The molecule has 1 atom stereocenters. The number of ether oxygens (including phenoxy) is 1. The molecule has 1 heterocycles. The Kier molecular flexibility index (Phi) is 6.18. The maximum Gasteiger partial charge on any atom is 0.237 e. The predicted molar refractivity (Wildman–Crippen MR) is 70.0 cm³/mol. The van der Waals surface area contributed by atoms with Crippen molar-refractivity contribution in [1.82, 2.24) is 5.32 Å². The second kappa shape index (κ2) is 7.42. The first-order valence-electron chi connectivity index (χ1n) is 5.70. The number of carbonyl (C=O) groups excluding carboxylic acids is 1. The summed E-state index contributed by atoms with van der Waals surface area (Å²) in [5.74, 6) is -0.0890. The molecule has 4 nitrogen and oxygen atoms in total. The number of aryl methyl sites for hydroxylation is 1. The van der Waals surface area contributed by atoms with Crippen LogP contribution in [0.5, 0.6) is 0 Å². The van der Waals surface area contributed by atoms with Gasteiger partial charge in [0, 0.05) is 18.6 Å². The standard InChI is InChI=1S/C12H20N2O2S/c1-9-5-7-17-11(9)8-14-12(15)10(13)4-3-6-16-2/h5,7,10H,3-4,6,8,13H2,1-2H3,(H,14,15). The van der Waals surface area contributed by atoms with Gasteiger partial charge in [-0.2, -0.15) is 0 Å². The maximum atomic E-state index is 11.7. The van der Waals surface area contributed by atoms with Crippen molar-refractivity contribution in [3.63, 3.8) is 0 Å². The van der Waals surface area contributed by atoms with E-state index in [1.807, 2.05) is 18.4 Å². The Balaban J connectivity index is 2.27. The molecule has 0 aromatic carbocycles. The summed E-state index contributed by atoms with van der Waals surface area (Å²) >= 11 is 1.65. The van der Waals surface area contributed by atoms with Crippen molar-refractivity contribution >= 4 is 17.2 Å². The Labute approximate surface area is 106 Å². The Morgan fingerprint density at radius 2 is 2.41 bits per heavy atom. The summed E-state index contributed by atoms with van der Waals surface area (Å²) in [6.45, 7) is 3.25. The van der Waals surface area contributed by atoms with Crippen LogP contribution in [0.2, 0.25) is 0 Å². The summed E-state index contributed by atoms with van der Waals surface area (Å²) < 4.78 is 4.92. The smallest absolute Gasteiger partial charge is 0.237 e. The van der Waals surface area contributed by atoms with Crippen LogP contribution < -0.4 is 11.1 Å². The Hall–Kier alpha value is -0.910. The zero-order valence-corrected chi connectivity index (χ0v) is 11.2. The van der Waals surface area contributed by atoms with E-state index in [0.29, 0.717) is 19.6 Å². The van der Waals surface area contributed by atoms with Crippen molar-refractivity contribution in [3.8, 4) is 0 Å². The first kappa shape index (κ1) is 14.2. The molecule has 5 heteroatoms. The number of carbonyl (C=O) groups is 1. The molecular weight excluding hydrogens is 236 g/mol. The van der Waals surface area contributed by atoms with Crippen molar-refractivity contribution in [3.05, 3.63) is 21.9 Å². The molecule has 1 aromatic rings. The van der Waals surface area contributed by atoms with Crippen molar-refractivity contribution in [2.24, 2.45) is 5.73 Å². The van der Waals surface area contributed by atoms with Crippen molar-refractivity contribution in [2.45, 2.75) is 32.4 Å². The fourth-order valence-electron chi connectivity index (χ4n) is 1.46. The summed E-state index contributed by atoms with van der Waals surface area (Å²) in [7, 11) is 1.64. The zero-order chi connectivity index (χ0) is 12.7. The molecule has 1 amide bonds. The predicted octanol–water partition coefficient (Wildman–Crippen LogP) is 1.43. The summed E-state index contributed by atoms with van der Waals surface area (Å²) in [4.78, 5) is 12.9. The molecule has 17 heavy (non-hydrogen) atoms. The number of amides is 1. The minimum absolute atomic E-state index is 0.0890. The number of hydrogen-bond acceptors (Lipinski definition) is 4. The van der Waals surface area contributed by atoms with Crippen LogP contribution in [-0.2, 0) is 16.1 Å². The highest BCUT2D eigenvalue weighted by Crippen LogP contribution is 2.14. The first-order chi connectivity index (χ1) is 8.15. The average Bonchev–Trinajstić information content (AvgIpc) is 2.72. The van der Waals surface area contributed by atoms with Crippen LogP contribution in [0, 0.1) is 6.92 Å². The number of hydrogen-bond donors (Lipinski definition) is 2. The highest BCUT2D eigenvalue weighted by molar-refractivity contribution is 7.10. The zero-order valence-electron chi connectivity index (χ0n) is 10.4. The van der Waals surface area contributed by atoms with E-state index in [2.05, 4.69) is 5.32 Å². The van der Waals surface area contributed by atoms with E-state index >= 15 is 0 Å². The van der Waals surface area contributed by atoms with E-state index in [4.69, 9.17) is 10.5 Å². The van der Waals surface area contributed by atoms with Crippen molar-refractivity contribution in [2.75, 3.05) is 13.7 Å². The third-order valence-corrected chi connectivity index (χ3v) is 3.61. The third kappa shape index (κ3) is 4.85. The van der Waals surface area contributed by atoms with Gasteiger partial charge in [0.25, 0.3) is 0 Å². The molecule has 0 bridgehead atoms. The van der Waals surface area contributed by atoms with E-state index in [1.54, 1.807) is 18.4 Å². The van der Waals surface area contributed by atoms with Gasteiger partial charge in [-0.05, 0) is 36.8 Å². The van der Waals surface area contributed by atoms with E-state index in [1.165, 1.54) is 10.4 Å². The van der Waals surface area contributed by atoms with Crippen LogP contribution in [0.1, 0.15) is 23.3 Å². The van der Waals surface area contributed by atoms with Crippen LogP contribution in [0.3, 0.4) is 0 Å². The molecule has 0 aliphatic heterocycles. The lowest BCUT2D eigenvalue weighted by atomic mass is 10.1. The fraction of sp³-hybridized carbons (Fsp3) is 0.583. The van der Waals surface area contributed by atoms with E-state index < -0.39 is 6.04 Å². The van der Waals surface area contributed by atoms with Gasteiger partial charge >= 0.3 is 0 Å². The van der Waals surface area contributed by atoms with E-state index in [0.717, 1.165) is 6.42 Å². The Morgan fingerprint density at radius 1 is 1.65 bits per heavy atom. The summed E-state index contributed by atoms with van der Waals surface area (Å²) in [6, 6.07) is 1.61. The maximum absolute atomic E-state index is 11.7. The minimum atomic E-state index is -0.439. The molecule has 0 saturated carbocycles. The van der Waals surface area contributed by atoms with Crippen LogP contribution >= 0.6 is 11.3 Å². The second-order valence-electron chi connectivity index (χ2n) is 3.99. The first-order valence-corrected chi connectivity index (χ1v) is 6.58. The fourth-order valence-corrected chi connectivity index (χ4v) is 2.31. The molecular formula is C12H20N2O2S. The SMILES string of the molecule is COCCCC(N)C(=O)NCc1sccc1C. The topological polar surface area (TPSA) is 64.3 Å². The molecule has 3 N–H and O–H groups in total. The molecule has 0 radical (unpaired) electrons. The van der Waals surface area contributed by atoms with Crippen LogP contribution in [0.4, 0.5) is 0 Å². The van der Waals surface area contributed by atoms with Gasteiger partial charge in [-0.1, -0.05) is 0 Å². The molecule has 0 fully saturated rings. The van der Waals surface area contributed by atoms with Gasteiger partial charge in [0.2, 0.25) is 5.91 Å². The molecule has 96 valence electrons. The number of thiophene rings is 1. The lowest BCUT2D eigenvalue weighted by molar-refractivity contribution is -0.122. The molecule has 0 aliphatic carbocycles. The van der Waals surface area contributed by atoms with Gasteiger partial charge in [-0.15, -0.1) is 11.3 Å². The molecule has 1 rings (SSSR count). The number of rotatable bonds is 7. The molecule has 0 spiro atoms. The molecule has 1 unspecified atom stereocenters. The normalized spacial score (nSPS) is 12.4. The van der Waals surface area contributed by atoms with Gasteiger partial charge in [0.1, 0.15) is 0 Å². The lowest BCUT2D eigenvalue weighted by Gasteiger charge is -2.11. The van der Waals surface area contributed by atoms with Gasteiger partial charge in [-0.25, -0.2) is 0 Å². The third-order valence-electron chi connectivity index (χ3n) is 2.59. The van der Waals surface area contributed by atoms with Gasteiger partial charge in [0.05, 0.1) is 12.6 Å². The number of methoxy groups -OCH3 is 1. The highest BCUT2D eigenvalue weighted by Gasteiger charge is 2.12. The van der Waals surface area contributed by atoms with Crippen molar-refractivity contribution in [1.29, 1.82) is 0 Å². The lowest BCUT2D eigenvalue weighted by Crippen LogP contribution is -2.40. The second-order valence-corrected chi connectivity index (χ2v) is 4.99. The monoisotopic (exact) mass is 256 g/mol. The van der Waals surface area contributed by atoms with Crippen LogP contribution in [0.15, 0.2) is 11.4 Å². The van der Waals surface area contributed by atoms with Gasteiger partial charge in [-0.3, -0.25) is 4.79 Å². The average molecular weight is 256 g/mol. The molecule has 0 saturated heterocycles. The van der Waals surface area contributed by atoms with Crippen LogP contribution in [0.25, 0.3) is 0 Å². The molecule has 0 aliphatic rings. The van der Waals surface area contributed by atoms with Crippen molar-refractivity contribution < 1.29 is 9.53 Å². The quantitative estimate of drug-likeness (QED) is 0.725. The largest absolute Gasteiger partial charge is 0.385 e. The number of nitrogens with two attached hydrogens (primary N) is 1. The molecule has 1 aromatic heterocycles. The number of nitrogens with one attached hydrogen (secondary N) is 1. The van der Waals surface area contributed by atoms with E-state index in [9.17, 15) is 4.79 Å². The van der Waals surface area contributed by atoms with Gasteiger partial charge in [0.15, 0.2) is 0 Å². The van der Waals surface area contributed by atoms with E-state index in [-0.39, 0.29) is 5.91 Å².